The van der Waals surface area contributed by atoms with Crippen LogP contribution in [0, 0.1) is 13.8 Å². The third-order valence-electron chi connectivity index (χ3n) is 2.56. The summed E-state index contributed by atoms with van der Waals surface area (Å²) in [5.74, 6) is 0.809. The first-order chi connectivity index (χ1) is 9.51. The normalized spacial score (nSPS) is 11.4. The molecule has 2 rings (SSSR count). The zero-order valence-corrected chi connectivity index (χ0v) is 11.7. The van der Waals surface area contributed by atoms with Crippen molar-refractivity contribution in [1.82, 2.24) is 9.97 Å². The molecule has 104 valence electrons. The highest BCUT2D eigenvalue weighted by molar-refractivity contribution is 6.30. The van der Waals surface area contributed by atoms with Gasteiger partial charge in [0.2, 0.25) is 0 Å². The van der Waals surface area contributed by atoms with Crippen LogP contribution in [0.3, 0.4) is 0 Å². The van der Waals surface area contributed by atoms with Crippen molar-refractivity contribution >= 4 is 17.4 Å². The molecule has 0 radical (unpaired) electrons. The lowest BCUT2D eigenvalue weighted by atomic mass is 10.1. The van der Waals surface area contributed by atoms with E-state index in [2.05, 4.69) is 15.1 Å². The van der Waals surface area contributed by atoms with Crippen LogP contribution in [0.2, 0.25) is 5.02 Å². The van der Waals surface area contributed by atoms with E-state index >= 15 is 0 Å². The molecule has 0 atom stereocenters. The third-order valence-corrected chi connectivity index (χ3v) is 2.77. The minimum absolute atomic E-state index is 0.0695. The van der Waals surface area contributed by atoms with E-state index in [1.807, 2.05) is 6.92 Å². The van der Waals surface area contributed by atoms with Crippen molar-refractivity contribution in [2.75, 3.05) is 0 Å². The maximum atomic E-state index is 8.86. The molecule has 7 heteroatoms. The molecule has 0 aromatic carbocycles. The Morgan fingerprint density at radius 1 is 1.35 bits per heavy atom. The Bertz CT molecular complexity index is 673. The molecule has 2 aromatic heterocycles. The number of rotatable bonds is 3. The Hall–Kier alpha value is -2.34. The van der Waals surface area contributed by atoms with Crippen molar-refractivity contribution in [3.63, 3.8) is 0 Å². The highest BCUT2D eigenvalue weighted by Crippen LogP contribution is 2.28. The van der Waals surface area contributed by atoms with Crippen LogP contribution < -0.4 is 10.5 Å². The number of nitrogens with zero attached hydrogens (tertiary/aromatic N) is 3. The predicted molar refractivity (Wildman–Crippen MR) is 75.5 cm³/mol. The molecule has 0 fully saturated rings. The summed E-state index contributed by atoms with van der Waals surface area (Å²) in [6, 6.07) is 3.32. The molecule has 3 N–H and O–H groups in total. The Morgan fingerprint density at radius 2 is 2.10 bits per heavy atom. The number of oxime groups is 1. The molecule has 0 bridgehead atoms. The van der Waals surface area contributed by atoms with Crippen molar-refractivity contribution in [3.8, 4) is 11.5 Å². The molecule has 6 nitrogen and oxygen atoms in total. The standard InChI is InChI=1S/C13H13ClN4O2/c1-7-3-11(12(8(2)17-7)13(15)18-19)20-10-4-9(14)5-16-6-10/h3-6,19H,1-2H3,(H2,15,18). The zero-order chi connectivity index (χ0) is 14.7. The van der Waals surface area contributed by atoms with E-state index in [4.69, 9.17) is 27.3 Å². The second-order valence-corrected chi connectivity index (χ2v) is 4.58. The fourth-order valence-electron chi connectivity index (χ4n) is 1.81. The summed E-state index contributed by atoms with van der Waals surface area (Å²) >= 11 is 5.86. The molecule has 0 saturated heterocycles. The van der Waals surface area contributed by atoms with Gasteiger partial charge in [-0.15, -0.1) is 0 Å². The van der Waals surface area contributed by atoms with Gasteiger partial charge >= 0.3 is 0 Å². The fraction of sp³-hybridized carbons (Fsp3) is 0.154. The van der Waals surface area contributed by atoms with Crippen molar-refractivity contribution in [3.05, 3.63) is 46.5 Å². The summed E-state index contributed by atoms with van der Waals surface area (Å²) in [5, 5.41) is 12.3. The van der Waals surface area contributed by atoms with Crippen LogP contribution in [0.25, 0.3) is 0 Å². The van der Waals surface area contributed by atoms with Gasteiger partial charge in [-0.1, -0.05) is 16.8 Å². The van der Waals surface area contributed by atoms with Gasteiger partial charge in [0.1, 0.15) is 11.5 Å². The molecule has 0 amide bonds. The lowest BCUT2D eigenvalue weighted by molar-refractivity contribution is 0.318. The van der Waals surface area contributed by atoms with E-state index in [0.717, 1.165) is 5.69 Å². The lowest BCUT2D eigenvalue weighted by Gasteiger charge is -2.13. The van der Waals surface area contributed by atoms with Crippen LogP contribution in [0.1, 0.15) is 17.0 Å². The van der Waals surface area contributed by atoms with Gasteiger partial charge in [0.05, 0.1) is 22.5 Å². The van der Waals surface area contributed by atoms with Crippen LogP contribution in [-0.2, 0) is 0 Å². The molecule has 2 heterocycles. The molecule has 0 spiro atoms. The maximum Gasteiger partial charge on any atom is 0.175 e. The molecule has 0 aliphatic carbocycles. The summed E-state index contributed by atoms with van der Waals surface area (Å²) in [5.41, 5.74) is 7.45. The van der Waals surface area contributed by atoms with Gasteiger partial charge in [-0.3, -0.25) is 9.97 Å². The second-order valence-electron chi connectivity index (χ2n) is 4.15. The maximum absolute atomic E-state index is 8.86. The number of hydrogen-bond donors (Lipinski definition) is 2. The lowest BCUT2D eigenvalue weighted by Crippen LogP contribution is -2.17. The highest BCUT2D eigenvalue weighted by Gasteiger charge is 2.15. The number of ether oxygens (including phenoxy) is 1. The monoisotopic (exact) mass is 292 g/mol. The number of nitrogens with two attached hydrogens (primary N) is 1. The van der Waals surface area contributed by atoms with Crippen molar-refractivity contribution in [2.24, 2.45) is 10.9 Å². The van der Waals surface area contributed by atoms with Crippen LogP contribution >= 0.6 is 11.6 Å². The molecular weight excluding hydrogens is 280 g/mol. The van der Waals surface area contributed by atoms with E-state index in [0.29, 0.717) is 27.8 Å². The topological polar surface area (TPSA) is 93.6 Å². The average Bonchev–Trinajstić information content (AvgIpc) is 2.37. The molecule has 0 unspecified atom stereocenters. The number of halogens is 1. The minimum Gasteiger partial charge on any atom is -0.455 e. The summed E-state index contributed by atoms with van der Waals surface area (Å²) in [7, 11) is 0. The zero-order valence-electron chi connectivity index (χ0n) is 11.0. The number of hydrogen-bond acceptors (Lipinski definition) is 5. The average molecular weight is 293 g/mol. The molecule has 0 aliphatic heterocycles. The quantitative estimate of drug-likeness (QED) is 0.392. The minimum atomic E-state index is -0.0695. The first-order valence-electron chi connectivity index (χ1n) is 5.76. The number of aromatic nitrogens is 2. The van der Waals surface area contributed by atoms with Gasteiger partial charge in [-0.25, -0.2) is 0 Å². The largest absolute Gasteiger partial charge is 0.455 e. The van der Waals surface area contributed by atoms with Gasteiger partial charge < -0.3 is 15.7 Å². The van der Waals surface area contributed by atoms with Gasteiger partial charge in [0, 0.05) is 24.0 Å². The molecule has 0 aliphatic rings. The highest BCUT2D eigenvalue weighted by atomic mass is 35.5. The molecule has 0 saturated carbocycles. The van der Waals surface area contributed by atoms with Gasteiger partial charge in [0.25, 0.3) is 0 Å². The summed E-state index contributed by atoms with van der Waals surface area (Å²) < 4.78 is 5.72. The van der Waals surface area contributed by atoms with Crippen LogP contribution in [0.5, 0.6) is 11.5 Å². The SMILES string of the molecule is Cc1cc(Oc2cncc(Cl)c2)c(/C(N)=N/O)c(C)n1. The van der Waals surface area contributed by atoms with Crippen molar-refractivity contribution in [2.45, 2.75) is 13.8 Å². The predicted octanol–water partition coefficient (Wildman–Crippen LogP) is 2.63. The van der Waals surface area contributed by atoms with Crippen LogP contribution in [0.4, 0.5) is 0 Å². The number of aryl methyl sites for hydroxylation is 2. The van der Waals surface area contributed by atoms with Crippen LogP contribution in [-0.4, -0.2) is 21.0 Å². The first-order valence-corrected chi connectivity index (χ1v) is 6.13. The molecule has 20 heavy (non-hydrogen) atoms. The van der Waals surface area contributed by atoms with E-state index < -0.39 is 0 Å². The Labute approximate surface area is 120 Å². The van der Waals surface area contributed by atoms with Gasteiger partial charge in [0.15, 0.2) is 5.84 Å². The molecule has 2 aromatic rings. The summed E-state index contributed by atoms with van der Waals surface area (Å²) in [4.78, 5) is 8.21. The van der Waals surface area contributed by atoms with E-state index in [9.17, 15) is 0 Å². The smallest absolute Gasteiger partial charge is 0.175 e. The van der Waals surface area contributed by atoms with Crippen molar-refractivity contribution in [1.29, 1.82) is 0 Å². The second kappa shape index (κ2) is 5.75. The number of amidine groups is 1. The van der Waals surface area contributed by atoms with Crippen LogP contribution in [0.15, 0.2) is 29.7 Å². The first kappa shape index (κ1) is 14.1. The van der Waals surface area contributed by atoms with Gasteiger partial charge in [-0.2, -0.15) is 0 Å². The number of pyridine rings is 2. The summed E-state index contributed by atoms with van der Waals surface area (Å²) in [6.07, 6.45) is 3.02. The molecular formula is C13H13ClN4O2. The summed E-state index contributed by atoms with van der Waals surface area (Å²) in [6.45, 7) is 3.58. The Morgan fingerprint density at radius 3 is 2.75 bits per heavy atom. The van der Waals surface area contributed by atoms with E-state index in [-0.39, 0.29) is 5.84 Å². The third kappa shape index (κ3) is 2.97. The van der Waals surface area contributed by atoms with E-state index in [1.54, 1.807) is 19.1 Å². The van der Waals surface area contributed by atoms with Crippen molar-refractivity contribution < 1.29 is 9.94 Å². The Balaban J connectivity index is 2.50. The fourth-order valence-corrected chi connectivity index (χ4v) is 1.97. The van der Waals surface area contributed by atoms with Gasteiger partial charge in [-0.05, 0) is 13.8 Å². The van der Waals surface area contributed by atoms with E-state index in [1.165, 1.54) is 12.4 Å². The Kier molecular flexibility index (Phi) is 4.05.